The van der Waals surface area contributed by atoms with Crippen LogP contribution in [0.5, 0.6) is 0 Å². The van der Waals surface area contributed by atoms with Gasteiger partial charge in [-0.1, -0.05) is 85.8 Å². The fraction of sp³-hybridized carbons (Fsp3) is 0.125. The Balaban J connectivity index is 0.000000223. The molecule has 29 heavy (non-hydrogen) atoms. The third-order valence-corrected chi connectivity index (χ3v) is 3.49. The number of benzene rings is 3. The molecule has 0 aliphatic rings. The Morgan fingerprint density at radius 1 is 0.828 bits per heavy atom. The van der Waals surface area contributed by atoms with Crippen molar-refractivity contribution >= 4 is 18.2 Å². The van der Waals surface area contributed by atoms with Gasteiger partial charge in [0, 0.05) is 12.0 Å². The first-order valence-electron chi connectivity index (χ1n) is 9.05. The second-order valence-electron chi connectivity index (χ2n) is 5.70. The lowest BCUT2D eigenvalue weighted by Crippen LogP contribution is -2.01. The van der Waals surface area contributed by atoms with Crippen LogP contribution in [0.1, 0.15) is 39.6 Å². The van der Waals surface area contributed by atoms with Crippen LogP contribution in [0.15, 0.2) is 91.0 Å². The number of aromatic carboxylic acids is 1. The molecule has 1 N–H and O–H groups in total. The summed E-state index contributed by atoms with van der Waals surface area (Å²) in [5.41, 5.74) is 2.09. The van der Waals surface area contributed by atoms with Crippen LogP contribution in [0, 0.1) is 0 Å². The number of ether oxygens (including phenoxy) is 1. The molecule has 0 aliphatic heterocycles. The van der Waals surface area contributed by atoms with Gasteiger partial charge in [0.05, 0.1) is 5.56 Å². The van der Waals surface area contributed by atoms with Gasteiger partial charge in [0.15, 0.2) is 0 Å². The summed E-state index contributed by atoms with van der Waals surface area (Å²) >= 11 is 0. The minimum absolute atomic E-state index is 0.154. The maximum atomic E-state index is 10.8. The highest BCUT2D eigenvalue weighted by Crippen LogP contribution is 2.01. The highest BCUT2D eigenvalue weighted by Gasteiger charge is 1.98. The van der Waals surface area contributed by atoms with Crippen molar-refractivity contribution in [2.75, 3.05) is 0 Å². The Morgan fingerprint density at radius 3 is 1.69 bits per heavy atom. The molecule has 0 saturated carbocycles. The third-order valence-electron chi connectivity index (χ3n) is 3.49. The van der Waals surface area contributed by atoms with Crippen molar-refractivity contribution in [1.29, 1.82) is 0 Å². The molecule has 0 saturated heterocycles. The zero-order valence-electron chi connectivity index (χ0n) is 16.2. The van der Waals surface area contributed by atoms with Crippen molar-refractivity contribution in [2.45, 2.75) is 20.0 Å². The van der Waals surface area contributed by atoms with Gasteiger partial charge in [-0.2, -0.15) is 0 Å². The molecule has 0 amide bonds. The average molecular weight is 392 g/mol. The van der Waals surface area contributed by atoms with Gasteiger partial charge >= 0.3 is 11.9 Å². The first-order chi connectivity index (χ1) is 14.1. The van der Waals surface area contributed by atoms with Crippen LogP contribution in [0.3, 0.4) is 0 Å². The minimum Gasteiger partial charge on any atom is -0.478 e. The van der Waals surface area contributed by atoms with Crippen molar-refractivity contribution in [3.05, 3.63) is 108 Å². The summed E-state index contributed by atoms with van der Waals surface area (Å²) in [6.45, 7) is 2.17. The SMILES string of the molecule is CCC(=O)OCc1ccccc1.O=C(O)c1ccccc1.O=Cc1ccccc1. The molecule has 0 unspecified atom stereocenters. The number of carboxylic acids is 1. The molecule has 5 nitrogen and oxygen atoms in total. The standard InChI is InChI=1S/C10H12O2.C7H6O2.C7H6O/c1-2-10(11)12-8-9-6-4-3-5-7-9;8-7(9)6-4-2-1-3-5-6;8-6-7-4-2-1-3-5-7/h3-7H,2,8H2,1H3;1-5H,(H,8,9);1-6H. The van der Waals surface area contributed by atoms with E-state index in [0.29, 0.717) is 18.6 Å². The van der Waals surface area contributed by atoms with E-state index in [1.807, 2.05) is 48.5 Å². The van der Waals surface area contributed by atoms with Crippen LogP contribution in [0.4, 0.5) is 0 Å². The number of carboxylic acid groups (broad SMARTS) is 1. The molecule has 0 atom stereocenters. The van der Waals surface area contributed by atoms with Crippen molar-refractivity contribution < 1.29 is 24.2 Å². The smallest absolute Gasteiger partial charge is 0.335 e. The van der Waals surface area contributed by atoms with E-state index in [2.05, 4.69) is 0 Å². The molecule has 0 aromatic heterocycles. The molecule has 0 heterocycles. The molecular weight excluding hydrogens is 368 g/mol. The van der Waals surface area contributed by atoms with E-state index in [1.54, 1.807) is 49.4 Å². The predicted molar refractivity (Wildman–Crippen MR) is 112 cm³/mol. The summed E-state index contributed by atoms with van der Waals surface area (Å²) < 4.78 is 4.94. The second kappa shape index (κ2) is 14.3. The van der Waals surface area contributed by atoms with Gasteiger partial charge in [0.25, 0.3) is 0 Å². The van der Waals surface area contributed by atoms with E-state index in [0.717, 1.165) is 17.4 Å². The normalized spacial score (nSPS) is 9.00. The number of hydrogen-bond donors (Lipinski definition) is 1. The third kappa shape index (κ3) is 10.9. The molecule has 5 heteroatoms. The van der Waals surface area contributed by atoms with Crippen LogP contribution in [0.25, 0.3) is 0 Å². The summed E-state index contributed by atoms with van der Waals surface area (Å²) in [5.74, 6) is -1.03. The summed E-state index contributed by atoms with van der Waals surface area (Å²) in [5, 5.41) is 8.38. The van der Waals surface area contributed by atoms with Crippen molar-refractivity contribution in [1.82, 2.24) is 0 Å². The van der Waals surface area contributed by atoms with Crippen LogP contribution in [0.2, 0.25) is 0 Å². The molecule has 0 bridgehead atoms. The minimum atomic E-state index is -0.879. The van der Waals surface area contributed by atoms with Gasteiger partial charge < -0.3 is 9.84 Å². The van der Waals surface area contributed by atoms with E-state index in [-0.39, 0.29) is 5.97 Å². The van der Waals surface area contributed by atoms with Gasteiger partial charge in [0.1, 0.15) is 12.9 Å². The lowest BCUT2D eigenvalue weighted by Gasteiger charge is -2.01. The molecular formula is C24H24O5. The zero-order valence-corrected chi connectivity index (χ0v) is 16.2. The highest BCUT2D eigenvalue weighted by molar-refractivity contribution is 5.87. The van der Waals surface area contributed by atoms with Gasteiger partial charge in [-0.25, -0.2) is 4.79 Å². The summed E-state index contributed by atoms with van der Waals surface area (Å²) in [6, 6.07) is 27.0. The fourth-order valence-electron chi connectivity index (χ4n) is 1.95. The lowest BCUT2D eigenvalue weighted by atomic mass is 10.2. The van der Waals surface area contributed by atoms with Gasteiger partial charge in [-0.15, -0.1) is 0 Å². The molecule has 0 aliphatic carbocycles. The van der Waals surface area contributed by atoms with Crippen LogP contribution in [-0.4, -0.2) is 23.3 Å². The van der Waals surface area contributed by atoms with Crippen LogP contribution < -0.4 is 0 Å². The zero-order chi connectivity index (χ0) is 21.3. The fourth-order valence-corrected chi connectivity index (χ4v) is 1.95. The first kappa shape index (κ1) is 23.3. The maximum absolute atomic E-state index is 10.8. The van der Waals surface area contributed by atoms with E-state index in [4.69, 9.17) is 9.84 Å². The first-order valence-corrected chi connectivity index (χ1v) is 9.05. The highest BCUT2D eigenvalue weighted by atomic mass is 16.5. The van der Waals surface area contributed by atoms with Crippen molar-refractivity contribution in [3.63, 3.8) is 0 Å². The van der Waals surface area contributed by atoms with Gasteiger partial charge in [-0.05, 0) is 17.7 Å². The van der Waals surface area contributed by atoms with E-state index < -0.39 is 5.97 Å². The number of rotatable bonds is 5. The number of carbonyl (C=O) groups excluding carboxylic acids is 2. The average Bonchev–Trinajstić information content (AvgIpc) is 2.80. The Morgan fingerprint density at radius 2 is 1.31 bits per heavy atom. The Bertz CT molecular complexity index is 846. The number of aldehydes is 1. The Hall–Kier alpha value is -3.73. The monoisotopic (exact) mass is 392 g/mol. The van der Waals surface area contributed by atoms with Gasteiger partial charge in [0.2, 0.25) is 0 Å². The Labute approximate surface area is 170 Å². The molecule has 3 aromatic rings. The van der Waals surface area contributed by atoms with E-state index in [9.17, 15) is 14.4 Å². The lowest BCUT2D eigenvalue weighted by molar-refractivity contribution is -0.144. The topological polar surface area (TPSA) is 80.7 Å². The summed E-state index contributed by atoms with van der Waals surface area (Å²) in [6.07, 6.45) is 1.27. The van der Waals surface area contributed by atoms with E-state index >= 15 is 0 Å². The molecule has 0 spiro atoms. The number of esters is 1. The quantitative estimate of drug-likeness (QED) is 0.487. The molecule has 3 aromatic carbocycles. The summed E-state index contributed by atoms with van der Waals surface area (Å²) in [7, 11) is 0. The van der Waals surface area contributed by atoms with Crippen molar-refractivity contribution in [2.24, 2.45) is 0 Å². The van der Waals surface area contributed by atoms with Crippen molar-refractivity contribution in [3.8, 4) is 0 Å². The second-order valence-corrected chi connectivity index (χ2v) is 5.70. The van der Waals surface area contributed by atoms with Crippen LogP contribution in [-0.2, 0) is 16.1 Å². The van der Waals surface area contributed by atoms with Gasteiger partial charge in [-0.3, -0.25) is 9.59 Å². The number of hydrogen-bond acceptors (Lipinski definition) is 4. The Kier molecular flexibility index (Phi) is 11.5. The largest absolute Gasteiger partial charge is 0.478 e. The predicted octanol–water partition coefficient (Wildman–Crippen LogP) is 5.02. The summed E-state index contributed by atoms with van der Waals surface area (Å²) in [4.78, 5) is 31.0. The molecule has 3 rings (SSSR count). The maximum Gasteiger partial charge on any atom is 0.335 e. The van der Waals surface area contributed by atoms with E-state index in [1.165, 1.54) is 0 Å². The molecule has 0 radical (unpaired) electrons. The molecule has 150 valence electrons. The number of carbonyl (C=O) groups is 3. The molecule has 0 fully saturated rings. The van der Waals surface area contributed by atoms with Crippen LogP contribution >= 0.6 is 0 Å².